The van der Waals surface area contributed by atoms with E-state index in [1.54, 1.807) is 0 Å². The molecule has 0 saturated heterocycles. The molecule has 1 rings (SSSR count). The van der Waals surface area contributed by atoms with Gasteiger partial charge < -0.3 is 4.84 Å². The summed E-state index contributed by atoms with van der Waals surface area (Å²) < 4.78 is 0. The van der Waals surface area contributed by atoms with E-state index in [1.807, 2.05) is 0 Å². The summed E-state index contributed by atoms with van der Waals surface area (Å²) in [6, 6.07) is 10.6. The predicted octanol–water partition coefficient (Wildman–Crippen LogP) is 2.57. The number of hydrogen-bond donors (Lipinski definition) is 1. The fourth-order valence-corrected chi connectivity index (χ4v) is 0.933. The molecule has 0 saturated carbocycles. The first-order chi connectivity index (χ1) is 5.85. The largest absolute Gasteiger partial charge is 0.308 e. The van der Waals surface area contributed by atoms with Gasteiger partial charge in [-0.2, -0.15) is 0 Å². The van der Waals surface area contributed by atoms with Gasteiger partial charge in [-0.25, -0.2) is 5.90 Å². The second-order valence-corrected chi connectivity index (χ2v) is 2.47. The highest BCUT2D eigenvalue weighted by molar-refractivity contribution is 5.85. The molecule has 0 aliphatic heterocycles. The molecule has 0 unspecified atom stereocenters. The van der Waals surface area contributed by atoms with Gasteiger partial charge in [0.25, 0.3) is 0 Å². The molecule has 0 heterocycles. The Labute approximate surface area is 86.5 Å². The van der Waals surface area contributed by atoms with Crippen molar-refractivity contribution in [2.24, 2.45) is 5.90 Å². The predicted molar refractivity (Wildman–Crippen MR) is 58.9 cm³/mol. The Kier molecular flexibility index (Phi) is 13.1. The lowest BCUT2D eigenvalue weighted by Crippen LogP contribution is -1.86. The fourth-order valence-electron chi connectivity index (χ4n) is 0.933. The Morgan fingerprint density at radius 2 is 1.69 bits per heavy atom. The zero-order chi connectivity index (χ0) is 9.23. The minimum absolute atomic E-state index is 0. The summed E-state index contributed by atoms with van der Waals surface area (Å²) in [5.74, 6) is 4.35. The van der Waals surface area contributed by atoms with Crippen molar-refractivity contribution < 1.29 is 4.84 Å². The second kappa shape index (κ2) is 11.4. The standard InChI is InChI=1S/C9H12.CH5NO.ClH/c1-2-6-9-7-4-3-5-8-9;1-3-2;/h3-5,7-8H,2,6H2,1H3;2H2,1H3;1H. The summed E-state index contributed by atoms with van der Waals surface area (Å²) in [4.78, 5) is 3.75. The van der Waals surface area contributed by atoms with E-state index in [1.165, 1.54) is 25.5 Å². The zero-order valence-corrected chi connectivity index (χ0v) is 9.01. The maximum Gasteiger partial charge on any atom is 0.0569 e. The third-order valence-corrected chi connectivity index (χ3v) is 1.38. The van der Waals surface area contributed by atoms with Crippen molar-refractivity contribution in [2.75, 3.05) is 7.11 Å². The highest BCUT2D eigenvalue weighted by atomic mass is 35.5. The van der Waals surface area contributed by atoms with Gasteiger partial charge in [0, 0.05) is 0 Å². The maximum atomic E-state index is 4.35. The van der Waals surface area contributed by atoms with Crippen LogP contribution in [0.4, 0.5) is 0 Å². The molecule has 0 spiro atoms. The Hall–Kier alpha value is -0.570. The van der Waals surface area contributed by atoms with Gasteiger partial charge in [0.05, 0.1) is 7.11 Å². The van der Waals surface area contributed by atoms with Gasteiger partial charge in [-0.05, 0) is 12.0 Å². The molecule has 2 nitrogen and oxygen atoms in total. The molecule has 3 heteroatoms. The molecule has 13 heavy (non-hydrogen) atoms. The van der Waals surface area contributed by atoms with Crippen molar-refractivity contribution >= 4 is 12.4 Å². The average Bonchev–Trinajstić information content (AvgIpc) is 2.08. The van der Waals surface area contributed by atoms with Crippen molar-refractivity contribution in [3.8, 4) is 0 Å². The van der Waals surface area contributed by atoms with Crippen LogP contribution in [0.5, 0.6) is 0 Å². The number of aryl methyl sites for hydroxylation is 1. The van der Waals surface area contributed by atoms with Gasteiger partial charge in [0.1, 0.15) is 0 Å². The Bertz CT molecular complexity index is 180. The van der Waals surface area contributed by atoms with E-state index >= 15 is 0 Å². The molecule has 0 fully saturated rings. The molecule has 2 N–H and O–H groups in total. The second-order valence-electron chi connectivity index (χ2n) is 2.47. The van der Waals surface area contributed by atoms with Crippen LogP contribution in [0.3, 0.4) is 0 Å². The van der Waals surface area contributed by atoms with Crippen LogP contribution in [0.1, 0.15) is 18.9 Å². The van der Waals surface area contributed by atoms with Crippen LogP contribution in [0.2, 0.25) is 0 Å². The van der Waals surface area contributed by atoms with Crippen molar-refractivity contribution in [1.29, 1.82) is 0 Å². The average molecular weight is 204 g/mol. The molecule has 0 bridgehead atoms. The molecular weight excluding hydrogens is 186 g/mol. The number of halogens is 1. The first-order valence-electron chi connectivity index (χ1n) is 4.12. The Balaban J connectivity index is 0. The third-order valence-electron chi connectivity index (χ3n) is 1.38. The van der Waals surface area contributed by atoms with Crippen molar-refractivity contribution in [2.45, 2.75) is 19.8 Å². The van der Waals surface area contributed by atoms with Crippen LogP contribution in [0, 0.1) is 0 Å². The highest BCUT2D eigenvalue weighted by Gasteiger charge is 1.84. The minimum Gasteiger partial charge on any atom is -0.308 e. The number of nitrogens with two attached hydrogens (primary N) is 1. The fraction of sp³-hybridized carbons (Fsp3) is 0.400. The third kappa shape index (κ3) is 9.34. The molecule has 0 aliphatic carbocycles. The van der Waals surface area contributed by atoms with Gasteiger partial charge >= 0.3 is 0 Å². The first kappa shape index (κ1) is 14.9. The molecule has 76 valence electrons. The molecule has 1 aromatic rings. The normalized spacial score (nSPS) is 7.92. The van der Waals surface area contributed by atoms with E-state index in [0.717, 1.165) is 0 Å². The Morgan fingerprint density at radius 1 is 1.23 bits per heavy atom. The lowest BCUT2D eigenvalue weighted by atomic mass is 10.1. The summed E-state index contributed by atoms with van der Waals surface area (Å²) >= 11 is 0. The number of benzene rings is 1. The Morgan fingerprint density at radius 3 is 2.08 bits per heavy atom. The molecule has 0 amide bonds. The van der Waals surface area contributed by atoms with Gasteiger partial charge in [-0.15, -0.1) is 12.4 Å². The van der Waals surface area contributed by atoms with E-state index in [2.05, 4.69) is 48.0 Å². The van der Waals surface area contributed by atoms with Crippen LogP contribution in [0.25, 0.3) is 0 Å². The van der Waals surface area contributed by atoms with E-state index in [0.29, 0.717) is 0 Å². The van der Waals surface area contributed by atoms with Crippen molar-refractivity contribution in [1.82, 2.24) is 0 Å². The molecular formula is C10H18ClNO. The SMILES string of the molecule is CCCc1ccccc1.CON.Cl. The van der Waals surface area contributed by atoms with Crippen LogP contribution in [-0.2, 0) is 11.3 Å². The van der Waals surface area contributed by atoms with E-state index in [-0.39, 0.29) is 12.4 Å². The monoisotopic (exact) mass is 203 g/mol. The molecule has 0 aromatic heterocycles. The van der Waals surface area contributed by atoms with E-state index < -0.39 is 0 Å². The minimum atomic E-state index is 0. The molecule has 0 radical (unpaired) electrons. The van der Waals surface area contributed by atoms with Gasteiger partial charge in [0.2, 0.25) is 0 Å². The van der Waals surface area contributed by atoms with Gasteiger partial charge in [-0.1, -0.05) is 43.7 Å². The van der Waals surface area contributed by atoms with E-state index in [9.17, 15) is 0 Å². The number of hydrogen-bond acceptors (Lipinski definition) is 2. The van der Waals surface area contributed by atoms with Crippen LogP contribution in [0.15, 0.2) is 30.3 Å². The first-order valence-corrected chi connectivity index (χ1v) is 4.12. The van der Waals surface area contributed by atoms with Crippen molar-refractivity contribution in [3.05, 3.63) is 35.9 Å². The maximum absolute atomic E-state index is 4.35. The molecule has 0 atom stereocenters. The summed E-state index contributed by atoms with van der Waals surface area (Å²) in [7, 11) is 1.40. The van der Waals surface area contributed by atoms with Crippen LogP contribution < -0.4 is 5.90 Å². The molecule has 1 aromatic carbocycles. The summed E-state index contributed by atoms with van der Waals surface area (Å²) in [5, 5.41) is 0. The van der Waals surface area contributed by atoms with Crippen molar-refractivity contribution in [3.63, 3.8) is 0 Å². The highest BCUT2D eigenvalue weighted by Crippen LogP contribution is 2.00. The zero-order valence-electron chi connectivity index (χ0n) is 8.19. The lowest BCUT2D eigenvalue weighted by Gasteiger charge is -1.93. The summed E-state index contributed by atoms with van der Waals surface area (Å²) in [5.41, 5.74) is 1.44. The smallest absolute Gasteiger partial charge is 0.0569 e. The summed E-state index contributed by atoms with van der Waals surface area (Å²) in [6.07, 6.45) is 2.45. The molecule has 0 aliphatic rings. The van der Waals surface area contributed by atoms with Gasteiger partial charge in [0.15, 0.2) is 0 Å². The lowest BCUT2D eigenvalue weighted by molar-refractivity contribution is 0.206. The van der Waals surface area contributed by atoms with Gasteiger partial charge in [-0.3, -0.25) is 0 Å². The number of rotatable bonds is 2. The van der Waals surface area contributed by atoms with E-state index in [4.69, 9.17) is 0 Å². The quantitative estimate of drug-likeness (QED) is 0.750. The van der Waals surface area contributed by atoms with Crippen LogP contribution >= 0.6 is 12.4 Å². The summed E-state index contributed by atoms with van der Waals surface area (Å²) in [6.45, 7) is 2.20. The topological polar surface area (TPSA) is 35.2 Å². The van der Waals surface area contributed by atoms with Crippen LogP contribution in [-0.4, -0.2) is 7.11 Å².